The zero-order valence-electron chi connectivity index (χ0n) is 25.1. The molecule has 2 aromatic carbocycles. The van der Waals surface area contributed by atoms with Gasteiger partial charge in [0.15, 0.2) is 0 Å². The third kappa shape index (κ3) is 20.7. The van der Waals surface area contributed by atoms with Gasteiger partial charge in [-0.3, -0.25) is 9.11 Å². The lowest BCUT2D eigenvalue weighted by molar-refractivity contribution is 0.251. The molecule has 0 aliphatic carbocycles. The second-order valence-electron chi connectivity index (χ2n) is 10.5. The Bertz CT molecular complexity index is 1380. The molecule has 2 unspecified atom stereocenters. The van der Waals surface area contributed by atoms with Gasteiger partial charge in [-0.2, -0.15) is 21.8 Å². The molecule has 2 aromatic rings. The van der Waals surface area contributed by atoms with Gasteiger partial charge in [-0.15, -0.1) is 0 Å². The van der Waals surface area contributed by atoms with Crippen molar-refractivity contribution < 1.29 is 35.5 Å². The number of nitrogens with two attached hydrogens (primary N) is 1. The molecule has 0 spiro atoms. The number of amides is 2. The average molecular weight is 787 g/mol. The summed E-state index contributed by atoms with van der Waals surface area (Å²) in [4.78, 5) is 24.9. The second kappa shape index (κ2) is 21.5. The fourth-order valence-electron chi connectivity index (χ4n) is 3.64. The molecule has 0 aliphatic rings. The number of urea groups is 1. The Morgan fingerprint density at radius 3 is 1.66 bits per heavy atom. The van der Waals surface area contributed by atoms with Crippen molar-refractivity contribution in [2.24, 2.45) is 22.6 Å². The minimum atomic E-state index is -4.10. The van der Waals surface area contributed by atoms with Gasteiger partial charge in [-0.05, 0) is 92.6 Å². The van der Waals surface area contributed by atoms with Gasteiger partial charge in [0.05, 0.1) is 16.2 Å². The number of hydrogen-bond donors (Lipinski definition) is 5. The van der Waals surface area contributed by atoms with Gasteiger partial charge < -0.3 is 16.4 Å². The lowest BCUT2D eigenvalue weighted by Gasteiger charge is -2.16. The molecule has 0 aliphatic heterocycles. The maximum Gasteiger partial charge on any atom is 0.319 e. The Balaban J connectivity index is 0.000000704. The van der Waals surface area contributed by atoms with Gasteiger partial charge in [-0.1, -0.05) is 59.6 Å². The number of nitrogens with zero attached hydrogens (tertiary/aromatic N) is 1. The zero-order valence-corrected chi connectivity index (χ0v) is 29.9. The van der Waals surface area contributed by atoms with Gasteiger partial charge in [-0.25, -0.2) is 9.59 Å². The smallest absolute Gasteiger partial charge is 0.319 e. The molecule has 0 radical (unpaired) electrons. The van der Waals surface area contributed by atoms with E-state index in [1.54, 1.807) is 36.4 Å². The van der Waals surface area contributed by atoms with Crippen molar-refractivity contribution in [3.05, 3.63) is 57.5 Å². The first kappa shape index (κ1) is 41.8. The number of rotatable bonds is 13. The summed E-state index contributed by atoms with van der Waals surface area (Å²) in [6.45, 7) is 8.04. The van der Waals surface area contributed by atoms with Gasteiger partial charge >= 0.3 is 6.03 Å². The van der Waals surface area contributed by atoms with Gasteiger partial charge in [0.1, 0.15) is 0 Å². The van der Waals surface area contributed by atoms with Crippen molar-refractivity contribution in [3.8, 4) is 0 Å². The number of halogens is 2. The number of aliphatic imine (C=N–C) groups is 1. The summed E-state index contributed by atoms with van der Waals surface area (Å²) in [6, 6.07) is 13.8. The molecule has 0 bridgehead atoms. The highest BCUT2D eigenvalue weighted by Gasteiger charge is 2.24. The largest absolute Gasteiger partial charge is 0.338 e. The van der Waals surface area contributed by atoms with E-state index in [1.165, 1.54) is 6.08 Å². The van der Waals surface area contributed by atoms with Crippen LogP contribution in [0.25, 0.3) is 0 Å². The Morgan fingerprint density at radius 1 is 0.841 bits per heavy atom. The van der Waals surface area contributed by atoms with Crippen LogP contribution in [0, 0.1) is 11.8 Å². The van der Waals surface area contributed by atoms with E-state index in [0.29, 0.717) is 30.6 Å². The molecule has 44 heavy (non-hydrogen) atoms. The van der Waals surface area contributed by atoms with Crippen molar-refractivity contribution in [3.63, 3.8) is 0 Å². The molecule has 2 atom stereocenters. The van der Waals surface area contributed by atoms with E-state index >= 15 is 0 Å². The molecule has 0 saturated carbocycles. The van der Waals surface area contributed by atoms with Gasteiger partial charge in [0.2, 0.25) is 6.08 Å². The highest BCUT2D eigenvalue weighted by atomic mass is 79.9. The number of isocyanates is 1. The number of carbonyl (C=O) groups is 1. The standard InChI is InChI=1S/C14H21BrN2O4S.C7H4BrNO.C7H17NO3S/c1-10(2)9-13(22(19,20)21)7-8-16-14(18)17-12-5-3-11(15)4-6-12;8-6-1-3-7(4-2-6)9-5-10;1-6(2)5-7(3-4-8)12(9,10)11/h3-6,10,13H,7-9H2,1-2H3,(H2,16,17,18)(H,19,20,21);1-4H;6-7H,3-5,8H2,1-2H3,(H,9,10,11). The van der Waals surface area contributed by atoms with Crippen LogP contribution in [0.1, 0.15) is 53.4 Å². The first-order valence-electron chi connectivity index (χ1n) is 13.7. The van der Waals surface area contributed by atoms with Crippen LogP contribution in [0.4, 0.5) is 16.2 Å². The molecule has 0 fully saturated rings. The molecule has 0 aromatic heterocycles. The van der Waals surface area contributed by atoms with E-state index in [-0.39, 0.29) is 31.3 Å². The fourth-order valence-corrected chi connectivity index (χ4v) is 6.27. The first-order chi connectivity index (χ1) is 20.4. The van der Waals surface area contributed by atoms with Crippen LogP contribution in [-0.4, -0.2) is 61.6 Å². The topological polar surface area (TPSA) is 205 Å². The van der Waals surface area contributed by atoms with Crippen LogP contribution in [-0.2, 0) is 25.0 Å². The number of hydrogen-bond acceptors (Lipinski definition) is 8. The number of anilines is 1. The minimum Gasteiger partial charge on any atom is -0.338 e. The summed E-state index contributed by atoms with van der Waals surface area (Å²) in [5.41, 5.74) is 6.48. The van der Waals surface area contributed by atoms with Crippen LogP contribution in [0.5, 0.6) is 0 Å². The summed E-state index contributed by atoms with van der Waals surface area (Å²) in [6.07, 6.45) is 2.79. The molecule has 2 rings (SSSR count). The average Bonchev–Trinajstić information content (AvgIpc) is 2.90. The number of nitrogens with one attached hydrogen (secondary N) is 2. The third-order valence-electron chi connectivity index (χ3n) is 5.66. The maximum atomic E-state index is 11.7. The second-order valence-corrected chi connectivity index (χ2v) is 15.7. The summed E-state index contributed by atoms with van der Waals surface area (Å²) in [5.74, 6) is 0.395. The van der Waals surface area contributed by atoms with E-state index in [2.05, 4.69) is 47.5 Å². The lowest BCUT2D eigenvalue weighted by Crippen LogP contribution is -2.33. The van der Waals surface area contributed by atoms with E-state index in [9.17, 15) is 31.0 Å². The van der Waals surface area contributed by atoms with Crippen LogP contribution in [0.15, 0.2) is 62.5 Å². The number of carbonyl (C=O) groups excluding carboxylic acids is 2. The Kier molecular flexibility index (Phi) is 20.5. The van der Waals surface area contributed by atoms with Gasteiger partial charge in [0, 0.05) is 21.2 Å². The van der Waals surface area contributed by atoms with Gasteiger partial charge in [0.25, 0.3) is 20.2 Å². The van der Waals surface area contributed by atoms with Crippen molar-refractivity contribution in [1.29, 1.82) is 0 Å². The summed E-state index contributed by atoms with van der Waals surface area (Å²) in [5, 5.41) is 3.67. The lowest BCUT2D eigenvalue weighted by atomic mass is 10.1. The summed E-state index contributed by atoms with van der Waals surface area (Å²) >= 11 is 6.56. The maximum absolute atomic E-state index is 11.7. The van der Waals surface area contributed by atoms with E-state index in [0.717, 1.165) is 8.95 Å². The highest BCUT2D eigenvalue weighted by molar-refractivity contribution is 9.10. The molecule has 16 heteroatoms. The molecule has 0 heterocycles. The zero-order chi connectivity index (χ0) is 33.9. The molecule has 2 amide bonds. The fraction of sp³-hybridized carbons (Fsp3) is 0.500. The normalized spacial score (nSPS) is 12.5. The predicted molar refractivity (Wildman–Crippen MR) is 181 cm³/mol. The van der Waals surface area contributed by atoms with E-state index < -0.39 is 36.8 Å². The summed E-state index contributed by atoms with van der Waals surface area (Å²) in [7, 11) is -8.00. The van der Waals surface area contributed by atoms with Crippen LogP contribution < -0.4 is 16.4 Å². The molecular formula is C28H42Br2N4O8S2. The quantitative estimate of drug-likeness (QED) is 0.0875. The SMILES string of the molecule is CC(C)CC(CCN)S(=O)(=O)O.CC(C)CC(CCNC(=O)Nc1ccc(Br)cc1)S(=O)(=O)O.O=C=Nc1ccc(Br)cc1. The van der Waals surface area contributed by atoms with Crippen molar-refractivity contribution in [2.45, 2.75) is 63.9 Å². The predicted octanol–water partition coefficient (Wildman–Crippen LogP) is 6.32. The molecular weight excluding hydrogens is 744 g/mol. The Hall–Kier alpha value is -2.17. The van der Waals surface area contributed by atoms with Crippen LogP contribution in [0.3, 0.4) is 0 Å². The van der Waals surface area contributed by atoms with E-state index in [4.69, 9.17) is 10.3 Å². The monoisotopic (exact) mass is 784 g/mol. The summed E-state index contributed by atoms with van der Waals surface area (Å²) < 4.78 is 63.9. The van der Waals surface area contributed by atoms with Crippen LogP contribution >= 0.6 is 31.9 Å². The van der Waals surface area contributed by atoms with E-state index in [1.807, 2.05) is 39.8 Å². The molecule has 6 N–H and O–H groups in total. The van der Waals surface area contributed by atoms with Crippen molar-refractivity contribution in [1.82, 2.24) is 5.32 Å². The van der Waals surface area contributed by atoms with Crippen LogP contribution in [0.2, 0.25) is 0 Å². The molecule has 248 valence electrons. The highest BCUT2D eigenvalue weighted by Crippen LogP contribution is 2.17. The van der Waals surface area contributed by atoms with Crippen molar-refractivity contribution in [2.75, 3.05) is 18.4 Å². The minimum absolute atomic E-state index is 0.142. The third-order valence-corrected chi connectivity index (χ3v) is 9.25. The Morgan fingerprint density at radius 2 is 1.27 bits per heavy atom. The first-order valence-corrected chi connectivity index (χ1v) is 18.2. The molecule has 0 saturated heterocycles. The number of benzene rings is 2. The Labute approximate surface area is 277 Å². The van der Waals surface area contributed by atoms with Crippen molar-refractivity contribution >= 4 is 75.6 Å². The molecule has 12 nitrogen and oxygen atoms in total.